The van der Waals surface area contributed by atoms with Crippen LogP contribution in [0.4, 0.5) is 0 Å². The first-order chi connectivity index (χ1) is 13.1. The summed E-state index contributed by atoms with van der Waals surface area (Å²) in [6, 6.07) is 12.0. The van der Waals surface area contributed by atoms with Crippen LogP contribution in [0, 0.1) is 11.3 Å². The molecule has 27 heavy (non-hydrogen) atoms. The molecular formula is C20H20N2O5. The Morgan fingerprint density at radius 2 is 1.93 bits per heavy atom. The largest absolute Gasteiger partial charge is 0.465 e. The first-order valence-electron chi connectivity index (χ1n) is 8.26. The summed E-state index contributed by atoms with van der Waals surface area (Å²) in [5.74, 6) is 0.0508. The lowest BCUT2D eigenvalue weighted by Crippen LogP contribution is -2.26. The van der Waals surface area contributed by atoms with Gasteiger partial charge in [-0.3, -0.25) is 4.79 Å². The van der Waals surface area contributed by atoms with Gasteiger partial charge in [0, 0.05) is 31.9 Å². The highest BCUT2D eigenvalue weighted by Gasteiger charge is 2.11. The van der Waals surface area contributed by atoms with Crippen LogP contribution in [-0.4, -0.2) is 39.2 Å². The smallest absolute Gasteiger partial charge is 0.337 e. The number of nitrogens with zero attached hydrogens (tertiary/aromatic N) is 1. The van der Waals surface area contributed by atoms with Crippen molar-refractivity contribution >= 4 is 18.0 Å². The number of hydrogen-bond donors (Lipinski definition) is 1. The van der Waals surface area contributed by atoms with Crippen molar-refractivity contribution in [3.05, 3.63) is 53.3 Å². The summed E-state index contributed by atoms with van der Waals surface area (Å²) in [7, 11) is 2.90. The van der Waals surface area contributed by atoms with Gasteiger partial charge in [0.25, 0.3) is 5.91 Å². The normalized spacial score (nSPS) is 10.9. The minimum atomic E-state index is -0.464. The number of furan rings is 1. The van der Waals surface area contributed by atoms with Crippen LogP contribution in [0.5, 0.6) is 0 Å². The van der Waals surface area contributed by atoms with Gasteiger partial charge in [0.1, 0.15) is 23.2 Å². The SMILES string of the molecule is COCCCNC(=O)/C(C#N)=C/c1ccc(-c2ccc(C(=O)OC)cc2)o1. The minimum Gasteiger partial charge on any atom is -0.465 e. The highest BCUT2D eigenvalue weighted by Crippen LogP contribution is 2.24. The van der Waals surface area contributed by atoms with Crippen LogP contribution in [0.1, 0.15) is 22.5 Å². The van der Waals surface area contributed by atoms with Crippen molar-refractivity contribution in [2.75, 3.05) is 27.4 Å². The summed E-state index contributed by atoms with van der Waals surface area (Å²) in [5, 5.41) is 11.9. The molecule has 7 heteroatoms. The number of nitrogens with one attached hydrogen (secondary N) is 1. The standard InChI is InChI=1S/C20H20N2O5/c1-25-11-3-10-22-19(23)16(13-21)12-17-8-9-18(27-17)14-4-6-15(7-5-14)20(24)26-2/h4-9,12H,3,10-11H2,1-2H3,(H,22,23)/b16-12+. The molecule has 0 saturated heterocycles. The van der Waals surface area contributed by atoms with Crippen LogP contribution in [0.15, 0.2) is 46.4 Å². The number of esters is 1. The Hall–Kier alpha value is -3.37. The molecule has 2 aromatic rings. The second kappa shape index (κ2) is 9.94. The molecular weight excluding hydrogens is 348 g/mol. The Bertz CT molecular complexity index is 859. The Labute approximate surface area is 157 Å². The lowest BCUT2D eigenvalue weighted by Gasteiger charge is -2.03. The Morgan fingerprint density at radius 3 is 2.56 bits per heavy atom. The van der Waals surface area contributed by atoms with Crippen molar-refractivity contribution in [3.63, 3.8) is 0 Å². The average Bonchev–Trinajstić information content (AvgIpc) is 3.17. The van der Waals surface area contributed by atoms with Crippen molar-refractivity contribution in [3.8, 4) is 17.4 Å². The monoisotopic (exact) mass is 368 g/mol. The van der Waals surface area contributed by atoms with E-state index in [9.17, 15) is 14.9 Å². The number of hydrogen-bond acceptors (Lipinski definition) is 6. The zero-order valence-corrected chi connectivity index (χ0v) is 15.2. The maximum Gasteiger partial charge on any atom is 0.337 e. The predicted octanol–water partition coefficient (Wildman–Crippen LogP) is 2.79. The second-order valence-electron chi connectivity index (χ2n) is 5.54. The molecule has 0 aliphatic carbocycles. The van der Waals surface area contributed by atoms with Gasteiger partial charge in [0.05, 0.1) is 12.7 Å². The van der Waals surface area contributed by atoms with Gasteiger partial charge in [0.2, 0.25) is 0 Å². The molecule has 0 unspecified atom stereocenters. The van der Waals surface area contributed by atoms with Crippen molar-refractivity contribution in [1.29, 1.82) is 5.26 Å². The molecule has 0 atom stereocenters. The van der Waals surface area contributed by atoms with Crippen LogP contribution in [-0.2, 0) is 14.3 Å². The van der Waals surface area contributed by atoms with E-state index in [1.807, 2.05) is 6.07 Å². The van der Waals surface area contributed by atoms with E-state index in [0.29, 0.717) is 36.7 Å². The maximum atomic E-state index is 12.0. The highest BCUT2D eigenvalue weighted by atomic mass is 16.5. The van der Waals surface area contributed by atoms with E-state index in [1.54, 1.807) is 43.5 Å². The van der Waals surface area contributed by atoms with Crippen LogP contribution in [0.25, 0.3) is 17.4 Å². The Kier molecular flexibility index (Phi) is 7.35. The Morgan fingerprint density at radius 1 is 1.19 bits per heavy atom. The summed E-state index contributed by atoms with van der Waals surface area (Å²) in [4.78, 5) is 23.5. The molecule has 1 aromatic carbocycles. The zero-order valence-electron chi connectivity index (χ0n) is 15.2. The third kappa shape index (κ3) is 5.56. The molecule has 0 aliphatic heterocycles. The summed E-state index contributed by atoms with van der Waals surface area (Å²) in [5.41, 5.74) is 1.14. The number of carbonyl (C=O) groups is 2. The quantitative estimate of drug-likeness (QED) is 0.333. The molecule has 140 valence electrons. The molecule has 2 rings (SSSR count). The summed E-state index contributed by atoms with van der Waals surface area (Å²) in [6.45, 7) is 0.948. The molecule has 0 bridgehead atoms. The van der Waals surface area contributed by atoms with Gasteiger partial charge in [-0.15, -0.1) is 0 Å². The molecule has 7 nitrogen and oxygen atoms in total. The second-order valence-corrected chi connectivity index (χ2v) is 5.54. The number of rotatable bonds is 8. The third-order valence-electron chi connectivity index (χ3n) is 3.68. The fourth-order valence-electron chi connectivity index (χ4n) is 2.28. The first-order valence-corrected chi connectivity index (χ1v) is 8.26. The summed E-state index contributed by atoms with van der Waals surface area (Å²) >= 11 is 0. The van der Waals surface area contributed by atoms with Crippen molar-refractivity contribution < 1.29 is 23.5 Å². The Balaban J connectivity index is 2.09. The lowest BCUT2D eigenvalue weighted by molar-refractivity contribution is -0.117. The molecule has 0 radical (unpaired) electrons. The fraction of sp³-hybridized carbons (Fsp3) is 0.250. The number of ether oxygens (including phenoxy) is 2. The van der Waals surface area contributed by atoms with Gasteiger partial charge < -0.3 is 19.2 Å². The van der Waals surface area contributed by atoms with Crippen molar-refractivity contribution in [2.24, 2.45) is 0 Å². The molecule has 0 saturated carbocycles. The fourth-order valence-corrected chi connectivity index (χ4v) is 2.28. The number of nitriles is 1. The van der Waals surface area contributed by atoms with Crippen molar-refractivity contribution in [2.45, 2.75) is 6.42 Å². The van der Waals surface area contributed by atoms with Gasteiger partial charge in [-0.2, -0.15) is 5.26 Å². The molecule has 0 aliphatic rings. The number of carbonyl (C=O) groups excluding carboxylic acids is 2. The van der Waals surface area contributed by atoms with E-state index >= 15 is 0 Å². The van der Waals surface area contributed by atoms with E-state index in [4.69, 9.17) is 9.15 Å². The first kappa shape index (κ1) is 19.9. The summed E-state index contributed by atoms with van der Waals surface area (Å²) < 4.78 is 15.2. The highest BCUT2D eigenvalue weighted by molar-refractivity contribution is 6.01. The number of methoxy groups -OCH3 is 2. The molecule has 0 spiro atoms. The van der Waals surface area contributed by atoms with Gasteiger partial charge in [0.15, 0.2) is 0 Å². The number of amides is 1. The van der Waals surface area contributed by atoms with E-state index in [0.717, 1.165) is 5.56 Å². The predicted molar refractivity (Wildman–Crippen MR) is 98.6 cm³/mol. The topological polar surface area (TPSA) is 102 Å². The van der Waals surface area contributed by atoms with Crippen LogP contribution >= 0.6 is 0 Å². The van der Waals surface area contributed by atoms with Gasteiger partial charge >= 0.3 is 5.97 Å². The van der Waals surface area contributed by atoms with Gasteiger partial charge in [-0.1, -0.05) is 12.1 Å². The molecule has 0 fully saturated rings. The van der Waals surface area contributed by atoms with Crippen LogP contribution < -0.4 is 5.32 Å². The number of benzene rings is 1. The van der Waals surface area contributed by atoms with Crippen LogP contribution in [0.2, 0.25) is 0 Å². The molecule has 1 heterocycles. The van der Waals surface area contributed by atoms with E-state index in [2.05, 4.69) is 10.1 Å². The van der Waals surface area contributed by atoms with E-state index < -0.39 is 11.9 Å². The zero-order chi connectivity index (χ0) is 19.6. The van der Waals surface area contributed by atoms with Crippen LogP contribution in [0.3, 0.4) is 0 Å². The summed E-state index contributed by atoms with van der Waals surface area (Å²) in [6.07, 6.45) is 2.05. The van der Waals surface area contributed by atoms with E-state index in [-0.39, 0.29) is 5.57 Å². The molecule has 1 amide bonds. The van der Waals surface area contributed by atoms with Gasteiger partial charge in [-0.25, -0.2) is 4.79 Å². The van der Waals surface area contributed by atoms with E-state index in [1.165, 1.54) is 13.2 Å². The molecule has 1 aromatic heterocycles. The third-order valence-corrected chi connectivity index (χ3v) is 3.68. The minimum absolute atomic E-state index is 0.0469. The maximum absolute atomic E-state index is 12.0. The lowest BCUT2D eigenvalue weighted by atomic mass is 10.1. The molecule has 1 N–H and O–H groups in total. The van der Waals surface area contributed by atoms with Crippen molar-refractivity contribution in [1.82, 2.24) is 5.32 Å². The van der Waals surface area contributed by atoms with Gasteiger partial charge in [-0.05, 0) is 30.7 Å². The average molecular weight is 368 g/mol.